The summed E-state index contributed by atoms with van der Waals surface area (Å²) in [6.45, 7) is 3.21. The molecule has 1 aliphatic carbocycles. The molecule has 1 heterocycles. The maximum Gasteiger partial charge on any atom is 0.279 e. The zero-order chi connectivity index (χ0) is 13.2. The molecule has 2 N–H and O–H groups in total. The number of aliphatic hydroxyl groups is 1. The molecule has 1 saturated heterocycles. The minimum absolute atomic E-state index is 0.0752. The van der Waals surface area contributed by atoms with Crippen LogP contribution < -0.4 is 4.72 Å². The van der Waals surface area contributed by atoms with Crippen LogP contribution >= 0.6 is 0 Å². The summed E-state index contributed by atoms with van der Waals surface area (Å²) < 4.78 is 28.9. The molecule has 1 saturated carbocycles. The number of hydrogen-bond donors (Lipinski definition) is 2. The molecule has 3 atom stereocenters. The second-order valence-electron chi connectivity index (χ2n) is 5.69. The summed E-state index contributed by atoms with van der Waals surface area (Å²) in [4.78, 5) is 0. The van der Waals surface area contributed by atoms with Crippen LogP contribution in [0.4, 0.5) is 0 Å². The van der Waals surface area contributed by atoms with Crippen LogP contribution in [0.3, 0.4) is 0 Å². The van der Waals surface area contributed by atoms with Crippen molar-refractivity contribution in [2.45, 2.75) is 45.1 Å². The number of nitrogens with zero attached hydrogens (tertiary/aromatic N) is 1. The van der Waals surface area contributed by atoms with Crippen LogP contribution in [0.2, 0.25) is 0 Å². The van der Waals surface area contributed by atoms with E-state index in [1.54, 1.807) is 0 Å². The maximum absolute atomic E-state index is 12.3. The van der Waals surface area contributed by atoms with E-state index < -0.39 is 10.2 Å². The lowest BCUT2D eigenvalue weighted by molar-refractivity contribution is 0.164. The lowest BCUT2D eigenvalue weighted by Gasteiger charge is -2.32. The number of piperidine rings is 1. The van der Waals surface area contributed by atoms with Crippen molar-refractivity contribution in [3.63, 3.8) is 0 Å². The fraction of sp³-hybridized carbons (Fsp3) is 1.00. The number of nitrogens with one attached hydrogen (secondary N) is 1. The highest BCUT2D eigenvalue weighted by Crippen LogP contribution is 2.26. The van der Waals surface area contributed by atoms with Gasteiger partial charge in [0.05, 0.1) is 0 Å². The lowest BCUT2D eigenvalue weighted by Crippen LogP contribution is -2.50. The van der Waals surface area contributed by atoms with Gasteiger partial charge in [-0.3, -0.25) is 0 Å². The fourth-order valence-corrected chi connectivity index (χ4v) is 4.64. The summed E-state index contributed by atoms with van der Waals surface area (Å²) in [5.41, 5.74) is 0. The van der Waals surface area contributed by atoms with Gasteiger partial charge in [-0.05, 0) is 37.5 Å². The van der Waals surface area contributed by atoms with Gasteiger partial charge in [-0.25, -0.2) is 0 Å². The van der Waals surface area contributed by atoms with Gasteiger partial charge in [-0.15, -0.1) is 0 Å². The minimum Gasteiger partial charge on any atom is -0.396 e. The molecule has 106 valence electrons. The Morgan fingerprint density at radius 2 is 2.06 bits per heavy atom. The standard InChI is InChI=1S/C12H24N2O3S/c1-10-4-2-6-12(10)13-18(16,17)14-7-3-5-11(8-14)9-15/h10-13,15H,2-9H2,1H3. The van der Waals surface area contributed by atoms with E-state index in [0.29, 0.717) is 19.0 Å². The first-order valence-electron chi connectivity index (χ1n) is 6.91. The van der Waals surface area contributed by atoms with Crippen molar-refractivity contribution in [1.82, 2.24) is 9.03 Å². The second-order valence-corrected chi connectivity index (χ2v) is 7.39. The summed E-state index contributed by atoms with van der Waals surface area (Å²) in [6, 6.07) is 0.0875. The van der Waals surface area contributed by atoms with E-state index in [4.69, 9.17) is 5.11 Å². The average Bonchev–Trinajstić information content (AvgIpc) is 2.74. The van der Waals surface area contributed by atoms with Crippen molar-refractivity contribution in [2.75, 3.05) is 19.7 Å². The monoisotopic (exact) mass is 276 g/mol. The second kappa shape index (κ2) is 5.86. The molecular formula is C12H24N2O3S. The van der Waals surface area contributed by atoms with Crippen molar-refractivity contribution in [2.24, 2.45) is 11.8 Å². The first-order valence-corrected chi connectivity index (χ1v) is 8.35. The van der Waals surface area contributed by atoms with Gasteiger partial charge < -0.3 is 5.11 Å². The Bertz CT molecular complexity index is 372. The lowest BCUT2D eigenvalue weighted by atomic mass is 10.0. The summed E-state index contributed by atoms with van der Waals surface area (Å²) in [5.74, 6) is 0.523. The van der Waals surface area contributed by atoms with Crippen LogP contribution in [0.1, 0.15) is 39.0 Å². The molecular weight excluding hydrogens is 252 g/mol. The van der Waals surface area contributed by atoms with Crippen LogP contribution in [0.15, 0.2) is 0 Å². The van der Waals surface area contributed by atoms with Gasteiger partial charge in [0.15, 0.2) is 0 Å². The highest BCUT2D eigenvalue weighted by atomic mass is 32.2. The Morgan fingerprint density at radius 1 is 1.28 bits per heavy atom. The third kappa shape index (κ3) is 3.23. The number of aliphatic hydroxyl groups excluding tert-OH is 1. The third-order valence-electron chi connectivity index (χ3n) is 4.24. The smallest absolute Gasteiger partial charge is 0.279 e. The van der Waals surface area contributed by atoms with E-state index in [0.717, 1.165) is 32.1 Å². The van der Waals surface area contributed by atoms with Gasteiger partial charge in [-0.1, -0.05) is 13.3 Å². The summed E-state index contributed by atoms with van der Waals surface area (Å²) in [5, 5.41) is 9.16. The Balaban J connectivity index is 1.97. The first-order chi connectivity index (χ1) is 8.53. The van der Waals surface area contributed by atoms with E-state index in [9.17, 15) is 8.42 Å². The predicted octanol–water partition coefficient (Wildman–Crippen LogP) is 0.714. The maximum atomic E-state index is 12.3. The van der Waals surface area contributed by atoms with E-state index in [1.807, 2.05) is 0 Å². The largest absolute Gasteiger partial charge is 0.396 e. The molecule has 0 radical (unpaired) electrons. The number of rotatable bonds is 4. The van der Waals surface area contributed by atoms with Gasteiger partial charge in [0, 0.05) is 25.7 Å². The zero-order valence-corrected chi connectivity index (χ0v) is 11.8. The Hall–Kier alpha value is -0.170. The third-order valence-corrected chi connectivity index (χ3v) is 5.85. The molecule has 6 heteroatoms. The van der Waals surface area contributed by atoms with Crippen LogP contribution in [-0.2, 0) is 10.2 Å². The van der Waals surface area contributed by atoms with E-state index in [2.05, 4.69) is 11.6 Å². The first kappa shape index (κ1) is 14.2. The molecule has 2 aliphatic rings. The summed E-state index contributed by atoms with van der Waals surface area (Å²) >= 11 is 0. The summed E-state index contributed by atoms with van der Waals surface area (Å²) in [6.07, 6.45) is 4.91. The topological polar surface area (TPSA) is 69.6 Å². The quantitative estimate of drug-likeness (QED) is 0.794. The van der Waals surface area contributed by atoms with Gasteiger partial charge in [0.25, 0.3) is 10.2 Å². The van der Waals surface area contributed by atoms with Gasteiger partial charge in [0.1, 0.15) is 0 Å². The normalized spacial score (nSPS) is 34.9. The molecule has 0 bridgehead atoms. The summed E-state index contributed by atoms with van der Waals surface area (Å²) in [7, 11) is -3.37. The molecule has 0 amide bonds. The van der Waals surface area contributed by atoms with Gasteiger partial charge in [-0.2, -0.15) is 17.4 Å². The molecule has 18 heavy (non-hydrogen) atoms. The molecule has 0 aromatic carbocycles. The van der Waals surface area contributed by atoms with Crippen molar-refractivity contribution >= 4 is 10.2 Å². The molecule has 0 aromatic rings. The van der Waals surface area contributed by atoms with Crippen LogP contribution in [0.5, 0.6) is 0 Å². The van der Waals surface area contributed by atoms with Crippen molar-refractivity contribution in [3.05, 3.63) is 0 Å². The Kier molecular flexibility index (Phi) is 4.64. The molecule has 1 aliphatic heterocycles. The highest BCUT2D eigenvalue weighted by Gasteiger charge is 2.33. The molecule has 2 fully saturated rings. The molecule has 0 spiro atoms. The Labute approximate surface area is 110 Å². The van der Waals surface area contributed by atoms with E-state index >= 15 is 0 Å². The molecule has 0 aromatic heterocycles. The Morgan fingerprint density at radius 3 is 2.67 bits per heavy atom. The van der Waals surface area contributed by atoms with Gasteiger partial charge in [0.2, 0.25) is 0 Å². The minimum atomic E-state index is -3.37. The number of hydrogen-bond acceptors (Lipinski definition) is 3. The van der Waals surface area contributed by atoms with Crippen molar-refractivity contribution in [1.29, 1.82) is 0 Å². The van der Waals surface area contributed by atoms with Crippen LogP contribution in [0.25, 0.3) is 0 Å². The average molecular weight is 276 g/mol. The van der Waals surface area contributed by atoms with E-state index in [1.165, 1.54) is 4.31 Å². The van der Waals surface area contributed by atoms with E-state index in [-0.39, 0.29) is 18.6 Å². The molecule has 3 unspecified atom stereocenters. The van der Waals surface area contributed by atoms with Crippen molar-refractivity contribution in [3.8, 4) is 0 Å². The van der Waals surface area contributed by atoms with Gasteiger partial charge >= 0.3 is 0 Å². The van der Waals surface area contributed by atoms with Crippen molar-refractivity contribution < 1.29 is 13.5 Å². The predicted molar refractivity (Wildman–Crippen MR) is 70.2 cm³/mol. The fourth-order valence-electron chi connectivity index (χ4n) is 2.98. The van der Waals surface area contributed by atoms with Crippen LogP contribution in [0, 0.1) is 11.8 Å². The molecule has 2 rings (SSSR count). The molecule has 5 nitrogen and oxygen atoms in total. The SMILES string of the molecule is CC1CCCC1NS(=O)(=O)N1CCCC(CO)C1. The zero-order valence-electron chi connectivity index (χ0n) is 11.0. The highest BCUT2D eigenvalue weighted by molar-refractivity contribution is 7.87. The van der Waals surface area contributed by atoms with Crippen LogP contribution in [-0.4, -0.2) is 43.6 Å².